The van der Waals surface area contributed by atoms with Crippen molar-refractivity contribution >= 4 is 17.5 Å². The van der Waals surface area contributed by atoms with Crippen LogP contribution < -0.4 is 10.1 Å². The van der Waals surface area contributed by atoms with Gasteiger partial charge in [0.1, 0.15) is 12.4 Å². The highest BCUT2D eigenvalue weighted by Gasteiger charge is 2.16. The second-order valence-corrected chi connectivity index (χ2v) is 6.95. The predicted molar refractivity (Wildman–Crippen MR) is 109 cm³/mol. The van der Waals surface area contributed by atoms with E-state index in [1.165, 1.54) is 5.56 Å². The number of carbonyl (C=O) groups is 1. The molecule has 0 aliphatic carbocycles. The highest BCUT2D eigenvalue weighted by atomic mass is 35.5. The van der Waals surface area contributed by atoms with Crippen molar-refractivity contribution in [2.24, 2.45) is 0 Å². The number of hydrogen-bond acceptors (Lipinski definition) is 2. The third-order valence-electron chi connectivity index (χ3n) is 4.38. The molecule has 0 aromatic heterocycles. The van der Waals surface area contributed by atoms with Crippen LogP contribution in [0.5, 0.6) is 5.75 Å². The van der Waals surface area contributed by atoms with Crippen molar-refractivity contribution in [2.75, 3.05) is 0 Å². The Balaban J connectivity index is 1.74. The molecule has 27 heavy (non-hydrogen) atoms. The summed E-state index contributed by atoms with van der Waals surface area (Å²) in [5.41, 5.74) is 3.53. The van der Waals surface area contributed by atoms with Gasteiger partial charge in [0.05, 0.1) is 6.04 Å². The zero-order chi connectivity index (χ0) is 19.2. The third-order valence-corrected chi connectivity index (χ3v) is 4.61. The molecular formula is C23H22ClNO2. The molecule has 1 atom stereocenters. The van der Waals surface area contributed by atoms with Crippen LogP contribution in [0, 0.1) is 6.92 Å². The summed E-state index contributed by atoms with van der Waals surface area (Å²) in [6.07, 6.45) is 0. The Morgan fingerprint density at radius 3 is 2.44 bits per heavy atom. The minimum absolute atomic E-state index is 0.108. The summed E-state index contributed by atoms with van der Waals surface area (Å²) in [4.78, 5) is 12.8. The molecule has 4 heteroatoms. The van der Waals surface area contributed by atoms with Gasteiger partial charge < -0.3 is 10.1 Å². The first-order valence-corrected chi connectivity index (χ1v) is 9.24. The normalized spacial score (nSPS) is 11.7. The lowest BCUT2D eigenvalue weighted by Crippen LogP contribution is -2.27. The average molecular weight is 380 g/mol. The molecule has 1 amide bonds. The first kappa shape index (κ1) is 19.0. The van der Waals surface area contributed by atoms with E-state index >= 15 is 0 Å². The zero-order valence-electron chi connectivity index (χ0n) is 15.4. The highest BCUT2D eigenvalue weighted by Crippen LogP contribution is 2.21. The molecule has 3 aromatic rings. The van der Waals surface area contributed by atoms with Crippen LogP contribution in [0.3, 0.4) is 0 Å². The Kier molecular flexibility index (Phi) is 6.15. The Morgan fingerprint density at radius 2 is 1.74 bits per heavy atom. The van der Waals surface area contributed by atoms with Gasteiger partial charge in [0.2, 0.25) is 0 Å². The molecule has 0 heterocycles. The summed E-state index contributed by atoms with van der Waals surface area (Å²) in [6.45, 7) is 4.28. The maximum atomic E-state index is 12.8. The topological polar surface area (TPSA) is 38.3 Å². The molecule has 0 aliphatic heterocycles. The zero-order valence-corrected chi connectivity index (χ0v) is 16.2. The van der Waals surface area contributed by atoms with Gasteiger partial charge in [0.15, 0.2) is 0 Å². The third kappa shape index (κ3) is 5.11. The number of carbonyl (C=O) groups excluding carboxylic acids is 1. The molecule has 0 fully saturated rings. The van der Waals surface area contributed by atoms with E-state index in [1.807, 2.05) is 74.5 Å². The van der Waals surface area contributed by atoms with Crippen LogP contribution in [0.1, 0.15) is 40.0 Å². The number of ether oxygens (including phenoxy) is 1. The fraction of sp³-hybridized carbons (Fsp3) is 0.174. The van der Waals surface area contributed by atoms with Crippen LogP contribution >= 0.6 is 11.6 Å². The molecule has 138 valence electrons. The summed E-state index contributed by atoms with van der Waals surface area (Å²) in [5, 5.41) is 3.55. The average Bonchev–Trinajstić information content (AvgIpc) is 2.68. The van der Waals surface area contributed by atoms with E-state index in [1.54, 1.807) is 12.1 Å². The van der Waals surface area contributed by atoms with Crippen LogP contribution in [0.4, 0.5) is 0 Å². The smallest absolute Gasteiger partial charge is 0.252 e. The van der Waals surface area contributed by atoms with E-state index in [2.05, 4.69) is 5.32 Å². The van der Waals surface area contributed by atoms with Gasteiger partial charge in [-0.3, -0.25) is 4.79 Å². The van der Waals surface area contributed by atoms with E-state index in [0.29, 0.717) is 17.2 Å². The first-order valence-electron chi connectivity index (χ1n) is 8.86. The number of nitrogens with one attached hydrogen (secondary N) is 1. The van der Waals surface area contributed by atoms with Gasteiger partial charge in [0, 0.05) is 16.1 Å². The summed E-state index contributed by atoms with van der Waals surface area (Å²) < 4.78 is 5.84. The standard InChI is InChI=1S/C23H22ClNO2/c1-16-8-12-21(13-9-16)27-15-19-10-11-20(24)14-22(19)23(26)25-17(2)18-6-4-3-5-7-18/h3-14,17H,15H2,1-2H3,(H,25,26)/t17-/m0/s1. The van der Waals surface area contributed by atoms with Gasteiger partial charge in [-0.15, -0.1) is 0 Å². The van der Waals surface area contributed by atoms with E-state index < -0.39 is 0 Å². The monoisotopic (exact) mass is 379 g/mol. The molecular weight excluding hydrogens is 358 g/mol. The predicted octanol–water partition coefficient (Wildman–Crippen LogP) is 5.72. The Labute approximate surface area is 164 Å². The molecule has 1 N–H and O–H groups in total. The fourth-order valence-corrected chi connectivity index (χ4v) is 2.95. The molecule has 3 nitrogen and oxygen atoms in total. The largest absolute Gasteiger partial charge is 0.489 e. The highest BCUT2D eigenvalue weighted by molar-refractivity contribution is 6.31. The Morgan fingerprint density at radius 1 is 1.04 bits per heavy atom. The van der Waals surface area contributed by atoms with Gasteiger partial charge in [-0.25, -0.2) is 0 Å². The maximum absolute atomic E-state index is 12.8. The van der Waals surface area contributed by atoms with Crippen LogP contribution in [0.15, 0.2) is 72.8 Å². The number of aryl methyl sites for hydroxylation is 1. The summed E-state index contributed by atoms with van der Waals surface area (Å²) in [6, 6.07) is 22.8. The SMILES string of the molecule is Cc1ccc(OCc2ccc(Cl)cc2C(=O)N[C@@H](C)c2ccccc2)cc1. The van der Waals surface area contributed by atoms with E-state index in [9.17, 15) is 4.79 Å². The van der Waals surface area contributed by atoms with Crippen molar-refractivity contribution in [3.63, 3.8) is 0 Å². The van der Waals surface area contributed by atoms with Crippen LogP contribution in [0.2, 0.25) is 5.02 Å². The lowest BCUT2D eigenvalue weighted by Gasteiger charge is -2.17. The Hall–Kier alpha value is -2.78. The van der Waals surface area contributed by atoms with Crippen molar-refractivity contribution in [2.45, 2.75) is 26.5 Å². The second kappa shape index (κ2) is 8.74. The first-order chi connectivity index (χ1) is 13.0. The van der Waals surface area contributed by atoms with E-state index in [-0.39, 0.29) is 11.9 Å². The quantitative estimate of drug-likeness (QED) is 0.595. The van der Waals surface area contributed by atoms with E-state index in [0.717, 1.165) is 16.9 Å². The minimum atomic E-state index is -0.170. The van der Waals surface area contributed by atoms with Crippen molar-refractivity contribution in [3.8, 4) is 5.75 Å². The molecule has 0 unspecified atom stereocenters. The lowest BCUT2D eigenvalue weighted by molar-refractivity contribution is 0.0937. The number of rotatable bonds is 6. The second-order valence-electron chi connectivity index (χ2n) is 6.51. The van der Waals surface area contributed by atoms with Gasteiger partial charge >= 0.3 is 0 Å². The number of amides is 1. The van der Waals surface area contributed by atoms with Crippen molar-refractivity contribution in [1.29, 1.82) is 0 Å². The lowest BCUT2D eigenvalue weighted by atomic mass is 10.1. The number of halogens is 1. The van der Waals surface area contributed by atoms with Crippen molar-refractivity contribution in [3.05, 3.63) is 100 Å². The minimum Gasteiger partial charge on any atom is -0.489 e. The van der Waals surface area contributed by atoms with Crippen LogP contribution in [-0.2, 0) is 6.61 Å². The summed E-state index contributed by atoms with van der Waals surface area (Å²) in [5.74, 6) is 0.593. The van der Waals surface area contributed by atoms with Crippen molar-refractivity contribution < 1.29 is 9.53 Å². The van der Waals surface area contributed by atoms with Gasteiger partial charge in [0.25, 0.3) is 5.91 Å². The molecule has 0 saturated carbocycles. The fourth-order valence-electron chi connectivity index (χ4n) is 2.78. The van der Waals surface area contributed by atoms with Gasteiger partial charge in [-0.2, -0.15) is 0 Å². The molecule has 0 saturated heterocycles. The van der Waals surface area contributed by atoms with E-state index in [4.69, 9.17) is 16.3 Å². The molecule has 0 radical (unpaired) electrons. The van der Waals surface area contributed by atoms with Crippen LogP contribution in [0.25, 0.3) is 0 Å². The molecule has 0 aliphatic rings. The maximum Gasteiger partial charge on any atom is 0.252 e. The Bertz CT molecular complexity index is 907. The van der Waals surface area contributed by atoms with Gasteiger partial charge in [-0.1, -0.05) is 65.7 Å². The molecule has 0 spiro atoms. The van der Waals surface area contributed by atoms with Crippen LogP contribution in [-0.4, -0.2) is 5.91 Å². The summed E-state index contributed by atoms with van der Waals surface area (Å²) in [7, 11) is 0. The molecule has 0 bridgehead atoms. The number of benzene rings is 3. The summed E-state index contributed by atoms with van der Waals surface area (Å²) >= 11 is 6.13. The van der Waals surface area contributed by atoms with Crippen molar-refractivity contribution in [1.82, 2.24) is 5.32 Å². The molecule has 3 rings (SSSR count). The van der Waals surface area contributed by atoms with Gasteiger partial charge in [-0.05, 0) is 43.7 Å². The molecule has 3 aromatic carbocycles. The number of hydrogen-bond donors (Lipinski definition) is 1.